The van der Waals surface area contributed by atoms with Gasteiger partial charge in [-0.15, -0.1) is 0 Å². The number of aliphatic hydroxyl groups is 1. The number of aromatic nitrogens is 3. The lowest BCUT2D eigenvalue weighted by Gasteiger charge is -2.16. The van der Waals surface area contributed by atoms with E-state index in [-0.39, 0.29) is 42.7 Å². The minimum atomic E-state index is -0.708. The number of nitrogens with one attached hydrogen (secondary N) is 1. The molecule has 1 unspecified atom stereocenters. The van der Waals surface area contributed by atoms with Crippen molar-refractivity contribution in [3.63, 3.8) is 0 Å². The molecule has 0 aromatic carbocycles. The maximum atomic E-state index is 11.1. The van der Waals surface area contributed by atoms with Gasteiger partial charge in [0, 0.05) is 0 Å². The van der Waals surface area contributed by atoms with Gasteiger partial charge in [-0.3, -0.25) is 4.79 Å². The highest BCUT2D eigenvalue weighted by molar-refractivity contribution is 6.32. The lowest BCUT2D eigenvalue weighted by Crippen LogP contribution is -2.34. The Morgan fingerprint density at radius 1 is 1.25 bits per heavy atom. The fourth-order valence-electron chi connectivity index (χ4n) is 4.94. The summed E-state index contributed by atoms with van der Waals surface area (Å²) < 4.78 is 17.1. The van der Waals surface area contributed by atoms with Gasteiger partial charge in [0.2, 0.25) is 0 Å². The van der Waals surface area contributed by atoms with Crippen LogP contribution < -0.4 is 4.74 Å². The Bertz CT molecular complexity index is 1150. The van der Waals surface area contributed by atoms with Crippen molar-refractivity contribution in [2.24, 2.45) is 17.8 Å². The summed E-state index contributed by atoms with van der Waals surface area (Å²) in [5, 5.41) is 19.5. The van der Waals surface area contributed by atoms with Crippen LogP contribution in [0.5, 0.6) is 6.01 Å². The molecule has 3 fully saturated rings. The molecule has 1 saturated carbocycles. The summed E-state index contributed by atoms with van der Waals surface area (Å²) in [6, 6.07) is 2.06. The number of allylic oxidation sites excluding steroid dienone is 4. The number of nitrogens with zero attached hydrogens (tertiary/aromatic N) is 2. The van der Waals surface area contributed by atoms with E-state index in [0.717, 1.165) is 18.4 Å². The zero-order chi connectivity index (χ0) is 22.0. The number of pyridine rings is 1. The predicted octanol–water partition coefficient (Wildman–Crippen LogP) is 2.20. The number of halogens is 1. The standard InChI is InChI=1S/C22H22ClN3O6/c23-13-6-14-20(26-22(24-14)32-16-8-31-18-15(27)7-30-19(16)18)25-17(13)10-3-1-9(2-4-10)11-5-12(11)21(28)29/h1,3-4,6,9,11-12,15-16,18-19,27H,2,5,7-8H2,(H,28,29)(H,24,25,26)/t9?,11-,12+,15+,16+,18+,19+/m0/s1. The average molecular weight is 460 g/mol. The van der Waals surface area contributed by atoms with Crippen LogP contribution in [0.1, 0.15) is 18.5 Å². The molecule has 4 aliphatic rings. The van der Waals surface area contributed by atoms with Crippen LogP contribution in [-0.2, 0) is 14.3 Å². The number of H-pyrrole nitrogens is 1. The highest BCUT2D eigenvalue weighted by Crippen LogP contribution is 2.48. The second kappa shape index (κ2) is 7.55. The third kappa shape index (κ3) is 3.40. The number of aliphatic carboxylic acids is 1. The Morgan fingerprint density at radius 3 is 2.84 bits per heavy atom. The van der Waals surface area contributed by atoms with Crippen LogP contribution in [0.2, 0.25) is 5.02 Å². The van der Waals surface area contributed by atoms with E-state index in [1.54, 1.807) is 6.07 Å². The van der Waals surface area contributed by atoms with E-state index in [2.05, 4.69) is 27.1 Å². The molecule has 2 aromatic heterocycles. The van der Waals surface area contributed by atoms with Crippen molar-refractivity contribution in [2.45, 2.75) is 37.3 Å². The Balaban J connectivity index is 1.19. The molecule has 0 bridgehead atoms. The van der Waals surface area contributed by atoms with Gasteiger partial charge in [0.25, 0.3) is 6.01 Å². The normalized spacial score (nSPS) is 35.7. The fraction of sp³-hybridized carbons (Fsp3) is 0.500. The van der Waals surface area contributed by atoms with Gasteiger partial charge < -0.3 is 29.4 Å². The minimum Gasteiger partial charge on any atom is -0.481 e. The Kier molecular flexibility index (Phi) is 4.76. The van der Waals surface area contributed by atoms with E-state index in [1.165, 1.54) is 0 Å². The van der Waals surface area contributed by atoms with Crippen LogP contribution in [0.15, 0.2) is 24.3 Å². The van der Waals surface area contributed by atoms with Gasteiger partial charge in [0.15, 0.2) is 11.8 Å². The van der Waals surface area contributed by atoms with E-state index in [9.17, 15) is 9.90 Å². The van der Waals surface area contributed by atoms with Crippen molar-refractivity contribution < 1.29 is 29.2 Å². The number of fused-ring (bicyclic) bond motifs is 2. The molecule has 0 spiro atoms. The monoisotopic (exact) mass is 459 g/mol. The molecule has 2 saturated heterocycles. The van der Waals surface area contributed by atoms with Crippen molar-refractivity contribution in [1.82, 2.24) is 15.0 Å². The molecule has 10 heteroatoms. The number of carboxylic acids is 1. The van der Waals surface area contributed by atoms with Crippen molar-refractivity contribution in [3.05, 3.63) is 35.0 Å². The highest BCUT2D eigenvalue weighted by atomic mass is 35.5. The maximum Gasteiger partial charge on any atom is 0.306 e. The first kappa shape index (κ1) is 20.2. The van der Waals surface area contributed by atoms with Crippen molar-refractivity contribution >= 4 is 34.3 Å². The number of hydrogen-bond donors (Lipinski definition) is 3. The molecule has 2 aliphatic heterocycles. The number of ether oxygens (including phenoxy) is 3. The molecule has 2 aliphatic carbocycles. The predicted molar refractivity (Wildman–Crippen MR) is 113 cm³/mol. The third-order valence-electron chi connectivity index (χ3n) is 6.76. The fourth-order valence-corrected chi connectivity index (χ4v) is 5.20. The second-order valence-corrected chi connectivity index (χ2v) is 9.22. The van der Waals surface area contributed by atoms with Gasteiger partial charge in [-0.25, -0.2) is 4.98 Å². The molecular formula is C22H22ClN3O6. The van der Waals surface area contributed by atoms with Crippen molar-refractivity contribution in [3.8, 4) is 6.01 Å². The Morgan fingerprint density at radius 2 is 2.09 bits per heavy atom. The van der Waals surface area contributed by atoms with E-state index in [4.69, 9.17) is 30.9 Å². The molecular weight excluding hydrogens is 438 g/mol. The molecule has 2 aromatic rings. The lowest BCUT2D eigenvalue weighted by atomic mass is 9.90. The number of carbonyl (C=O) groups is 1. The molecule has 32 heavy (non-hydrogen) atoms. The van der Waals surface area contributed by atoms with Crippen LogP contribution >= 0.6 is 11.6 Å². The Hall–Kier alpha value is -2.46. The van der Waals surface area contributed by atoms with E-state index >= 15 is 0 Å². The summed E-state index contributed by atoms with van der Waals surface area (Å²) in [5.41, 5.74) is 2.65. The molecule has 168 valence electrons. The molecule has 3 N–H and O–H groups in total. The largest absolute Gasteiger partial charge is 0.481 e. The first-order valence-corrected chi connectivity index (χ1v) is 11.1. The van der Waals surface area contributed by atoms with Gasteiger partial charge in [-0.2, -0.15) is 4.98 Å². The number of imidazole rings is 1. The van der Waals surface area contributed by atoms with Crippen LogP contribution in [0, 0.1) is 17.8 Å². The lowest BCUT2D eigenvalue weighted by molar-refractivity contribution is -0.139. The van der Waals surface area contributed by atoms with Crippen LogP contribution in [0.3, 0.4) is 0 Å². The molecule has 4 heterocycles. The van der Waals surface area contributed by atoms with E-state index in [1.807, 2.05) is 6.08 Å². The number of rotatable bonds is 5. The molecule has 7 atom stereocenters. The minimum absolute atomic E-state index is 0.211. The number of aliphatic hydroxyl groups excluding tert-OH is 1. The van der Waals surface area contributed by atoms with Gasteiger partial charge in [-0.1, -0.05) is 29.8 Å². The summed E-state index contributed by atoms with van der Waals surface area (Å²) in [6.07, 6.45) is 5.88. The van der Waals surface area contributed by atoms with Crippen LogP contribution in [0.25, 0.3) is 16.7 Å². The van der Waals surface area contributed by atoms with Crippen molar-refractivity contribution in [1.29, 1.82) is 0 Å². The van der Waals surface area contributed by atoms with Gasteiger partial charge in [0.05, 0.1) is 35.4 Å². The summed E-state index contributed by atoms with van der Waals surface area (Å²) in [4.78, 5) is 23.3. The smallest absolute Gasteiger partial charge is 0.306 e. The van der Waals surface area contributed by atoms with Gasteiger partial charge >= 0.3 is 5.97 Å². The maximum absolute atomic E-state index is 11.1. The highest BCUT2D eigenvalue weighted by Gasteiger charge is 2.49. The molecule has 6 rings (SSSR count). The summed E-state index contributed by atoms with van der Waals surface area (Å²) in [7, 11) is 0. The summed E-state index contributed by atoms with van der Waals surface area (Å²) in [5.74, 6) is -0.483. The van der Waals surface area contributed by atoms with Gasteiger partial charge in [0.1, 0.15) is 18.3 Å². The topological polar surface area (TPSA) is 127 Å². The van der Waals surface area contributed by atoms with Crippen LogP contribution in [-0.4, -0.2) is 68.8 Å². The average Bonchev–Trinajstić information content (AvgIpc) is 3.15. The quantitative estimate of drug-likeness (QED) is 0.621. The van der Waals surface area contributed by atoms with E-state index in [0.29, 0.717) is 34.5 Å². The Labute approximate surface area is 188 Å². The second-order valence-electron chi connectivity index (χ2n) is 8.81. The summed E-state index contributed by atoms with van der Waals surface area (Å²) >= 11 is 6.51. The number of carboxylic acid groups (broad SMARTS) is 1. The molecule has 0 amide bonds. The third-order valence-corrected chi connectivity index (χ3v) is 7.05. The first-order valence-electron chi connectivity index (χ1n) is 10.7. The molecule has 0 radical (unpaired) electrons. The first-order chi connectivity index (χ1) is 15.5. The summed E-state index contributed by atoms with van der Waals surface area (Å²) in [6.45, 7) is 0.544. The van der Waals surface area contributed by atoms with Crippen molar-refractivity contribution in [2.75, 3.05) is 13.2 Å². The van der Waals surface area contributed by atoms with Gasteiger partial charge in [-0.05, 0) is 36.3 Å². The SMILES string of the molecule is O=C(O)[C@@H]1C[C@H]1C1C=CC(c2nc3nc(O[C@@H]4CO[C@H]5[C@@H]4OC[C@H]5O)[nH]c3cc2Cl)=CC1. The van der Waals surface area contributed by atoms with Crippen LogP contribution in [0.4, 0.5) is 0 Å². The number of hydrogen-bond acceptors (Lipinski definition) is 7. The number of aromatic amines is 1. The zero-order valence-electron chi connectivity index (χ0n) is 17.0. The zero-order valence-corrected chi connectivity index (χ0v) is 17.7. The van der Waals surface area contributed by atoms with E-state index < -0.39 is 12.1 Å². The molecule has 9 nitrogen and oxygen atoms in total.